The second-order valence-corrected chi connectivity index (χ2v) is 4.43. The van der Waals surface area contributed by atoms with Gasteiger partial charge in [0.15, 0.2) is 0 Å². The zero-order chi connectivity index (χ0) is 13.4. The van der Waals surface area contributed by atoms with Crippen LogP contribution in [-0.2, 0) is 5.41 Å². The van der Waals surface area contributed by atoms with E-state index >= 15 is 0 Å². The Labute approximate surface area is 100 Å². The molecular weight excluding hydrogens is 260 g/mol. The van der Waals surface area contributed by atoms with Gasteiger partial charge in [-0.25, -0.2) is 4.39 Å². The lowest BCUT2D eigenvalue weighted by Gasteiger charge is -2.28. The quantitative estimate of drug-likeness (QED) is 0.584. The van der Waals surface area contributed by atoms with Crippen molar-refractivity contribution >= 4 is 16.8 Å². The van der Waals surface area contributed by atoms with Crippen LogP contribution in [0.1, 0.15) is 29.8 Å². The summed E-state index contributed by atoms with van der Waals surface area (Å²) >= 11 is 5.06. The largest absolute Gasteiger partial charge is 0.397 e. The highest BCUT2D eigenvalue weighted by atomic mass is 35.5. The second kappa shape index (κ2) is 4.29. The molecule has 0 aliphatic carbocycles. The molecule has 0 aliphatic rings. The van der Waals surface area contributed by atoms with Crippen LogP contribution in [0, 0.1) is 5.82 Å². The van der Waals surface area contributed by atoms with Gasteiger partial charge >= 0.3 is 6.18 Å². The normalized spacial score (nSPS) is 12.6. The average molecular weight is 269 g/mol. The van der Waals surface area contributed by atoms with E-state index in [1.165, 1.54) is 0 Å². The molecule has 6 heteroatoms. The van der Waals surface area contributed by atoms with Crippen molar-refractivity contribution in [2.75, 3.05) is 0 Å². The molecule has 0 saturated heterocycles. The Kier molecular flexibility index (Phi) is 3.52. The predicted molar refractivity (Wildman–Crippen MR) is 55.7 cm³/mol. The van der Waals surface area contributed by atoms with Gasteiger partial charge in [-0.3, -0.25) is 4.79 Å². The first-order chi connectivity index (χ1) is 7.57. The molecule has 1 nitrogen and oxygen atoms in total. The molecule has 1 rings (SSSR count). The summed E-state index contributed by atoms with van der Waals surface area (Å²) in [6.45, 7) is 1.87. The summed E-state index contributed by atoms with van der Waals surface area (Å²) in [5.41, 5.74) is -2.89. The Balaban J connectivity index is 3.28. The summed E-state index contributed by atoms with van der Waals surface area (Å²) in [4.78, 5) is 10.7. The standard InChI is InChI=1S/C11H9ClF4O/c1-10(2,11(14,15)16)6-3-4-7(9(12)17)8(13)5-6/h3-5H,1-2H3. The van der Waals surface area contributed by atoms with E-state index in [1.54, 1.807) is 0 Å². The highest BCUT2D eigenvalue weighted by Gasteiger charge is 2.48. The zero-order valence-electron chi connectivity index (χ0n) is 9.03. The van der Waals surface area contributed by atoms with Crippen LogP contribution in [0.15, 0.2) is 18.2 Å². The first kappa shape index (κ1) is 14.0. The maximum atomic E-state index is 13.3. The van der Waals surface area contributed by atoms with E-state index in [4.69, 9.17) is 11.6 Å². The molecule has 0 heterocycles. The van der Waals surface area contributed by atoms with Gasteiger partial charge in [-0.1, -0.05) is 6.07 Å². The number of alkyl halides is 3. The second-order valence-electron chi connectivity index (χ2n) is 4.09. The van der Waals surface area contributed by atoms with Gasteiger partial charge in [0.25, 0.3) is 5.24 Å². The first-order valence-corrected chi connectivity index (χ1v) is 5.02. The minimum Gasteiger partial charge on any atom is -0.275 e. The molecule has 0 radical (unpaired) electrons. The van der Waals surface area contributed by atoms with Crippen molar-refractivity contribution in [3.05, 3.63) is 35.1 Å². The molecule has 0 bridgehead atoms. The Bertz CT molecular complexity index is 451. The van der Waals surface area contributed by atoms with Gasteiger partial charge in [0.1, 0.15) is 5.82 Å². The molecule has 0 unspecified atom stereocenters. The fraction of sp³-hybridized carbons (Fsp3) is 0.364. The van der Waals surface area contributed by atoms with E-state index in [1.807, 2.05) is 0 Å². The van der Waals surface area contributed by atoms with Crippen molar-refractivity contribution < 1.29 is 22.4 Å². The van der Waals surface area contributed by atoms with Crippen molar-refractivity contribution in [3.8, 4) is 0 Å². The first-order valence-electron chi connectivity index (χ1n) is 4.64. The van der Waals surface area contributed by atoms with Gasteiger partial charge < -0.3 is 0 Å². The number of carbonyl (C=O) groups is 1. The van der Waals surface area contributed by atoms with Crippen molar-refractivity contribution in [2.24, 2.45) is 0 Å². The molecule has 0 spiro atoms. The average Bonchev–Trinajstić information content (AvgIpc) is 2.14. The smallest absolute Gasteiger partial charge is 0.275 e. The lowest BCUT2D eigenvalue weighted by molar-refractivity contribution is -0.180. The summed E-state index contributed by atoms with van der Waals surface area (Å²) in [6.07, 6.45) is -4.51. The number of hydrogen-bond donors (Lipinski definition) is 0. The third-order valence-electron chi connectivity index (χ3n) is 2.61. The Morgan fingerprint density at radius 1 is 1.24 bits per heavy atom. The maximum Gasteiger partial charge on any atom is 0.397 e. The van der Waals surface area contributed by atoms with Crippen LogP contribution in [0.4, 0.5) is 17.6 Å². The van der Waals surface area contributed by atoms with Crippen LogP contribution in [0.25, 0.3) is 0 Å². The number of carbonyl (C=O) groups excluding carboxylic acids is 1. The Morgan fingerprint density at radius 2 is 1.76 bits per heavy atom. The topological polar surface area (TPSA) is 17.1 Å². The van der Waals surface area contributed by atoms with Crippen molar-refractivity contribution in [1.82, 2.24) is 0 Å². The number of benzene rings is 1. The lowest BCUT2D eigenvalue weighted by Crippen LogP contribution is -2.36. The summed E-state index contributed by atoms with van der Waals surface area (Å²) in [5, 5.41) is -1.04. The third-order valence-corrected chi connectivity index (χ3v) is 2.81. The van der Waals surface area contributed by atoms with E-state index < -0.39 is 28.2 Å². The van der Waals surface area contributed by atoms with Crippen molar-refractivity contribution in [1.29, 1.82) is 0 Å². The van der Waals surface area contributed by atoms with E-state index in [-0.39, 0.29) is 5.56 Å². The summed E-state index contributed by atoms with van der Waals surface area (Å²) in [7, 11) is 0. The molecule has 0 N–H and O–H groups in total. The van der Waals surface area contributed by atoms with E-state index in [0.29, 0.717) is 6.07 Å². The molecular formula is C11H9ClF4O. The van der Waals surface area contributed by atoms with Crippen LogP contribution < -0.4 is 0 Å². The number of halogens is 5. The zero-order valence-corrected chi connectivity index (χ0v) is 9.79. The SMILES string of the molecule is CC(C)(c1ccc(C(=O)Cl)c(F)c1)C(F)(F)F. The summed E-state index contributed by atoms with van der Waals surface area (Å²) in [6, 6.07) is 2.68. The van der Waals surface area contributed by atoms with Gasteiger partial charge in [-0.15, -0.1) is 0 Å². The van der Waals surface area contributed by atoms with E-state index in [2.05, 4.69) is 0 Å². The van der Waals surface area contributed by atoms with E-state index in [9.17, 15) is 22.4 Å². The summed E-state index contributed by atoms with van der Waals surface area (Å²) < 4.78 is 51.4. The molecule has 0 atom stereocenters. The molecule has 94 valence electrons. The molecule has 1 aromatic carbocycles. The lowest BCUT2D eigenvalue weighted by atomic mass is 9.83. The fourth-order valence-corrected chi connectivity index (χ4v) is 1.38. The van der Waals surface area contributed by atoms with Crippen molar-refractivity contribution in [2.45, 2.75) is 25.4 Å². The van der Waals surface area contributed by atoms with Crippen LogP contribution in [0.2, 0.25) is 0 Å². The predicted octanol–water partition coefficient (Wildman–Crippen LogP) is 4.04. The Hall–Kier alpha value is -1.10. The van der Waals surface area contributed by atoms with Crippen LogP contribution in [0.5, 0.6) is 0 Å². The number of hydrogen-bond acceptors (Lipinski definition) is 1. The van der Waals surface area contributed by atoms with Gasteiger partial charge in [0.2, 0.25) is 0 Å². The maximum absolute atomic E-state index is 13.3. The van der Waals surface area contributed by atoms with Crippen LogP contribution >= 0.6 is 11.6 Å². The summed E-state index contributed by atoms with van der Waals surface area (Å²) in [5.74, 6) is -1.06. The molecule has 17 heavy (non-hydrogen) atoms. The highest BCUT2D eigenvalue weighted by Crippen LogP contribution is 2.40. The fourth-order valence-electron chi connectivity index (χ4n) is 1.23. The van der Waals surface area contributed by atoms with Gasteiger partial charge in [0, 0.05) is 0 Å². The van der Waals surface area contributed by atoms with Gasteiger partial charge in [-0.05, 0) is 43.1 Å². The van der Waals surface area contributed by atoms with Crippen LogP contribution in [-0.4, -0.2) is 11.4 Å². The van der Waals surface area contributed by atoms with Gasteiger partial charge in [-0.2, -0.15) is 13.2 Å². The molecule has 0 saturated carbocycles. The van der Waals surface area contributed by atoms with Gasteiger partial charge in [0.05, 0.1) is 11.0 Å². The van der Waals surface area contributed by atoms with E-state index in [0.717, 1.165) is 26.0 Å². The minimum atomic E-state index is -4.51. The molecule has 0 aliphatic heterocycles. The third kappa shape index (κ3) is 2.60. The highest BCUT2D eigenvalue weighted by molar-refractivity contribution is 6.67. The molecule has 1 aromatic rings. The molecule has 0 fully saturated rings. The monoisotopic (exact) mass is 268 g/mol. The Morgan fingerprint density at radius 3 is 2.12 bits per heavy atom. The van der Waals surface area contributed by atoms with Crippen molar-refractivity contribution in [3.63, 3.8) is 0 Å². The molecule has 0 amide bonds. The number of rotatable bonds is 2. The molecule has 0 aromatic heterocycles. The van der Waals surface area contributed by atoms with Crippen LogP contribution in [0.3, 0.4) is 0 Å². The minimum absolute atomic E-state index is 0.260.